The van der Waals surface area contributed by atoms with E-state index in [-0.39, 0.29) is 0 Å². The molecule has 0 atom stereocenters. The molecule has 0 aliphatic carbocycles. The van der Waals surface area contributed by atoms with E-state index in [4.69, 9.17) is 9.47 Å². The second-order valence-corrected chi connectivity index (χ2v) is 3.60. The van der Waals surface area contributed by atoms with Crippen LogP contribution in [0.1, 0.15) is 25.7 Å². The molecule has 0 bridgehead atoms. The predicted molar refractivity (Wildman–Crippen MR) is 61.1 cm³/mol. The average molecular weight is 225 g/mol. The van der Waals surface area contributed by atoms with Gasteiger partial charge >= 0.3 is 0 Å². The summed E-state index contributed by atoms with van der Waals surface area (Å²) < 4.78 is 23.3. The Bertz CT molecular complexity index is 289. The molecule has 0 aromatic heterocycles. The lowest BCUT2D eigenvalue weighted by molar-refractivity contribution is 0.191. The second-order valence-electron chi connectivity index (χ2n) is 3.60. The van der Waals surface area contributed by atoms with Gasteiger partial charge < -0.3 is 9.47 Å². The van der Waals surface area contributed by atoms with Crippen LogP contribution in [0.25, 0.3) is 0 Å². The first-order chi connectivity index (χ1) is 7.84. The van der Waals surface area contributed by atoms with Crippen molar-refractivity contribution in [3.8, 4) is 5.75 Å². The van der Waals surface area contributed by atoms with Crippen molar-refractivity contribution in [2.45, 2.75) is 25.7 Å². The number of hydrogen-bond donors (Lipinski definition) is 0. The fourth-order valence-corrected chi connectivity index (χ4v) is 1.40. The average Bonchev–Trinajstić information content (AvgIpc) is 2.30. The number of ether oxygens (including phenoxy) is 2. The number of halogens is 1. The van der Waals surface area contributed by atoms with Crippen molar-refractivity contribution in [2.24, 2.45) is 0 Å². The van der Waals surface area contributed by atoms with Gasteiger partial charge in [-0.25, -0.2) is 4.39 Å². The Morgan fingerprint density at radius 2 is 1.94 bits per heavy atom. The minimum absolute atomic E-state index is 0.291. The van der Waals surface area contributed by atoms with Crippen molar-refractivity contribution in [1.82, 2.24) is 0 Å². The lowest BCUT2D eigenvalue weighted by atomic mass is 10.2. The quantitative estimate of drug-likeness (QED) is 0.632. The van der Waals surface area contributed by atoms with Gasteiger partial charge in [0.15, 0.2) is 11.6 Å². The molecule has 1 aromatic carbocycles. The highest BCUT2D eigenvalue weighted by atomic mass is 19.1. The summed E-state index contributed by atoms with van der Waals surface area (Å²) in [6, 6.07) is 7.34. The first-order valence-electron chi connectivity index (χ1n) is 5.62. The normalized spacial score (nSPS) is 10.4. The van der Waals surface area contributed by atoms with Gasteiger partial charge in [0, 0.05) is 19.8 Å². The third-order valence-corrected chi connectivity index (χ3v) is 2.27. The van der Waals surface area contributed by atoms with Crippen molar-refractivity contribution in [1.29, 1.82) is 0 Å². The van der Waals surface area contributed by atoms with Crippen LogP contribution in [-0.2, 0) is 4.74 Å². The SMILES string of the molecule is COCCCCCCOc1ccc[c]c1F. The molecule has 1 radical (unpaired) electrons. The topological polar surface area (TPSA) is 18.5 Å². The zero-order chi connectivity index (χ0) is 11.6. The van der Waals surface area contributed by atoms with Crippen LogP contribution in [0.5, 0.6) is 5.75 Å². The van der Waals surface area contributed by atoms with Gasteiger partial charge in [0.2, 0.25) is 0 Å². The Hall–Kier alpha value is -1.09. The van der Waals surface area contributed by atoms with Crippen molar-refractivity contribution in [3.05, 3.63) is 30.1 Å². The molecule has 0 unspecified atom stereocenters. The molecule has 0 heterocycles. The van der Waals surface area contributed by atoms with Crippen LogP contribution >= 0.6 is 0 Å². The molecule has 0 saturated carbocycles. The van der Waals surface area contributed by atoms with Gasteiger partial charge in [-0.15, -0.1) is 0 Å². The molecule has 89 valence electrons. The molecule has 16 heavy (non-hydrogen) atoms. The lowest BCUT2D eigenvalue weighted by Gasteiger charge is -2.06. The van der Waals surface area contributed by atoms with Crippen molar-refractivity contribution >= 4 is 0 Å². The van der Waals surface area contributed by atoms with E-state index in [0.29, 0.717) is 12.4 Å². The Kier molecular flexibility index (Phi) is 6.58. The Balaban J connectivity index is 2.05. The maximum Gasteiger partial charge on any atom is 0.172 e. The van der Waals surface area contributed by atoms with Crippen LogP contribution < -0.4 is 4.74 Å². The first kappa shape index (κ1) is 13.0. The molecular weight excluding hydrogens is 207 g/mol. The predicted octanol–water partition coefficient (Wildman–Crippen LogP) is 3.21. The van der Waals surface area contributed by atoms with Crippen molar-refractivity contribution in [3.63, 3.8) is 0 Å². The fourth-order valence-electron chi connectivity index (χ4n) is 1.40. The maximum absolute atomic E-state index is 13.1. The molecule has 0 aliphatic heterocycles. The number of rotatable bonds is 8. The van der Waals surface area contributed by atoms with E-state index >= 15 is 0 Å². The maximum atomic E-state index is 13.1. The number of benzene rings is 1. The fraction of sp³-hybridized carbons (Fsp3) is 0.538. The monoisotopic (exact) mass is 225 g/mol. The minimum atomic E-state index is -0.415. The van der Waals surface area contributed by atoms with E-state index in [0.717, 1.165) is 32.3 Å². The summed E-state index contributed by atoms with van der Waals surface area (Å²) in [4.78, 5) is 0. The summed E-state index contributed by atoms with van der Waals surface area (Å²) in [7, 11) is 1.71. The van der Waals surface area contributed by atoms with E-state index in [9.17, 15) is 4.39 Å². The highest BCUT2D eigenvalue weighted by Gasteiger charge is 2.00. The number of hydrogen-bond acceptors (Lipinski definition) is 2. The molecular formula is C13H18FO2. The molecule has 1 aromatic rings. The lowest BCUT2D eigenvalue weighted by Crippen LogP contribution is -1.99. The van der Waals surface area contributed by atoms with Crippen LogP contribution in [0.2, 0.25) is 0 Å². The molecule has 0 spiro atoms. The van der Waals surface area contributed by atoms with E-state index in [1.54, 1.807) is 19.2 Å². The summed E-state index contributed by atoms with van der Waals surface area (Å²) in [6.45, 7) is 1.37. The van der Waals surface area contributed by atoms with E-state index in [1.165, 1.54) is 6.07 Å². The van der Waals surface area contributed by atoms with Gasteiger partial charge in [0.05, 0.1) is 6.61 Å². The number of methoxy groups -OCH3 is 1. The Morgan fingerprint density at radius 3 is 2.62 bits per heavy atom. The van der Waals surface area contributed by atoms with Crippen molar-refractivity contribution < 1.29 is 13.9 Å². The summed E-state index contributed by atoms with van der Waals surface area (Å²) in [5, 5.41) is 0. The second kappa shape index (κ2) is 8.11. The first-order valence-corrected chi connectivity index (χ1v) is 5.62. The Morgan fingerprint density at radius 1 is 1.19 bits per heavy atom. The standard InChI is InChI=1S/C13H18FO2/c1-15-10-6-2-3-7-11-16-13-9-5-4-8-12(13)14/h4-5,9H,2-3,6-7,10-11H2,1H3. The third-order valence-electron chi connectivity index (χ3n) is 2.27. The molecule has 0 saturated heterocycles. The van der Waals surface area contributed by atoms with Gasteiger partial charge in [-0.2, -0.15) is 0 Å². The summed E-state index contributed by atoms with van der Waals surface area (Å²) >= 11 is 0. The zero-order valence-electron chi connectivity index (χ0n) is 9.67. The Labute approximate surface area is 96.4 Å². The van der Waals surface area contributed by atoms with Crippen LogP contribution in [-0.4, -0.2) is 20.3 Å². The third kappa shape index (κ3) is 5.12. The van der Waals surface area contributed by atoms with Gasteiger partial charge in [0.25, 0.3) is 0 Å². The van der Waals surface area contributed by atoms with Crippen LogP contribution in [0.3, 0.4) is 0 Å². The minimum Gasteiger partial charge on any atom is -0.490 e. The zero-order valence-corrected chi connectivity index (χ0v) is 9.67. The smallest absolute Gasteiger partial charge is 0.172 e. The van der Waals surface area contributed by atoms with E-state index in [2.05, 4.69) is 6.07 Å². The van der Waals surface area contributed by atoms with Crippen LogP contribution in [0.15, 0.2) is 18.2 Å². The highest BCUT2D eigenvalue weighted by Crippen LogP contribution is 2.15. The van der Waals surface area contributed by atoms with Gasteiger partial charge in [-0.05, 0) is 25.3 Å². The van der Waals surface area contributed by atoms with E-state index < -0.39 is 5.82 Å². The molecule has 3 heteroatoms. The van der Waals surface area contributed by atoms with Crippen LogP contribution in [0.4, 0.5) is 4.39 Å². The number of unbranched alkanes of at least 4 members (excludes halogenated alkanes) is 3. The van der Waals surface area contributed by atoms with Crippen LogP contribution in [0, 0.1) is 11.9 Å². The summed E-state index contributed by atoms with van der Waals surface area (Å²) in [5.41, 5.74) is 0. The molecule has 0 aliphatic rings. The molecule has 0 amide bonds. The van der Waals surface area contributed by atoms with Gasteiger partial charge in [0.1, 0.15) is 0 Å². The molecule has 2 nitrogen and oxygen atoms in total. The molecule has 0 N–H and O–H groups in total. The van der Waals surface area contributed by atoms with Gasteiger partial charge in [-0.1, -0.05) is 18.6 Å². The largest absolute Gasteiger partial charge is 0.490 e. The summed E-state index contributed by atoms with van der Waals surface area (Å²) in [6.07, 6.45) is 4.23. The van der Waals surface area contributed by atoms with E-state index in [1.807, 2.05) is 0 Å². The molecule has 1 rings (SSSR count). The summed E-state index contributed by atoms with van der Waals surface area (Å²) in [5.74, 6) is -0.124. The van der Waals surface area contributed by atoms with Crippen molar-refractivity contribution in [2.75, 3.05) is 20.3 Å². The van der Waals surface area contributed by atoms with Gasteiger partial charge in [-0.3, -0.25) is 0 Å². The molecule has 0 fully saturated rings. The highest BCUT2D eigenvalue weighted by molar-refractivity contribution is 5.22.